The van der Waals surface area contributed by atoms with Crippen molar-refractivity contribution in [3.05, 3.63) is 26.6 Å². The number of hydrogen-bond donors (Lipinski definition) is 2. The van der Waals surface area contributed by atoms with E-state index in [0.717, 1.165) is 20.3 Å². The van der Waals surface area contributed by atoms with Crippen molar-refractivity contribution in [3.8, 4) is 5.75 Å². The van der Waals surface area contributed by atoms with E-state index >= 15 is 0 Å². The molecule has 2 aromatic rings. The van der Waals surface area contributed by atoms with Crippen molar-refractivity contribution in [3.63, 3.8) is 0 Å². The van der Waals surface area contributed by atoms with Crippen LogP contribution in [0.4, 0.5) is 5.95 Å². The molecular formula is C9H9Br2N5O. The van der Waals surface area contributed by atoms with E-state index in [9.17, 15) is 0 Å². The number of H-pyrrole nitrogens is 1. The Labute approximate surface area is 114 Å². The molecule has 0 bridgehead atoms. The topological polar surface area (TPSA) is 75.7 Å². The van der Waals surface area contributed by atoms with E-state index in [1.807, 2.05) is 12.1 Å². The highest BCUT2D eigenvalue weighted by Crippen LogP contribution is 2.34. The van der Waals surface area contributed by atoms with Gasteiger partial charge in [0.25, 0.3) is 5.95 Å². The summed E-state index contributed by atoms with van der Waals surface area (Å²) in [5, 5.41) is 16.5. The lowest BCUT2D eigenvalue weighted by Gasteiger charge is -2.09. The maximum Gasteiger partial charge on any atom is 0.263 e. The van der Waals surface area contributed by atoms with Crippen LogP contribution < -0.4 is 10.1 Å². The van der Waals surface area contributed by atoms with Crippen molar-refractivity contribution in [1.29, 1.82) is 0 Å². The Morgan fingerprint density at radius 1 is 1.35 bits per heavy atom. The zero-order chi connectivity index (χ0) is 12.3. The summed E-state index contributed by atoms with van der Waals surface area (Å²) < 4.78 is 7.00. The minimum atomic E-state index is 0.466. The first-order valence-corrected chi connectivity index (χ1v) is 6.28. The van der Waals surface area contributed by atoms with Crippen LogP contribution in [0.3, 0.4) is 0 Å². The van der Waals surface area contributed by atoms with E-state index in [1.54, 1.807) is 7.11 Å². The summed E-state index contributed by atoms with van der Waals surface area (Å²) in [5.74, 6) is 1.24. The molecule has 0 spiro atoms. The van der Waals surface area contributed by atoms with Crippen LogP contribution in [0.2, 0.25) is 0 Å². The van der Waals surface area contributed by atoms with Crippen LogP contribution in [0.1, 0.15) is 5.56 Å². The van der Waals surface area contributed by atoms with Crippen LogP contribution in [0, 0.1) is 0 Å². The molecular weight excluding hydrogens is 354 g/mol. The summed E-state index contributed by atoms with van der Waals surface area (Å²) in [4.78, 5) is 0. The van der Waals surface area contributed by atoms with E-state index in [-0.39, 0.29) is 0 Å². The van der Waals surface area contributed by atoms with Crippen molar-refractivity contribution in [2.24, 2.45) is 0 Å². The highest BCUT2D eigenvalue weighted by molar-refractivity contribution is 9.11. The molecule has 17 heavy (non-hydrogen) atoms. The summed E-state index contributed by atoms with van der Waals surface area (Å²) >= 11 is 6.89. The summed E-state index contributed by atoms with van der Waals surface area (Å²) in [6, 6.07) is 3.94. The molecule has 8 heteroatoms. The van der Waals surface area contributed by atoms with Gasteiger partial charge in [-0.3, -0.25) is 0 Å². The molecule has 1 heterocycles. The summed E-state index contributed by atoms with van der Waals surface area (Å²) in [7, 11) is 1.63. The number of anilines is 1. The molecule has 0 unspecified atom stereocenters. The van der Waals surface area contributed by atoms with Gasteiger partial charge in [0.15, 0.2) is 0 Å². The maximum atomic E-state index is 5.23. The number of benzene rings is 1. The van der Waals surface area contributed by atoms with Gasteiger partial charge in [-0.15, -0.1) is 5.10 Å². The number of tetrazole rings is 1. The Kier molecular flexibility index (Phi) is 3.95. The second-order valence-electron chi connectivity index (χ2n) is 3.18. The molecule has 0 saturated carbocycles. The number of nitrogens with zero attached hydrogens (tertiary/aromatic N) is 3. The highest BCUT2D eigenvalue weighted by atomic mass is 79.9. The molecule has 0 fully saturated rings. The van der Waals surface area contributed by atoms with Crippen LogP contribution in [0.25, 0.3) is 0 Å². The van der Waals surface area contributed by atoms with Crippen LogP contribution in [0.5, 0.6) is 5.75 Å². The fourth-order valence-corrected chi connectivity index (χ4v) is 2.93. The summed E-state index contributed by atoms with van der Waals surface area (Å²) in [6.45, 7) is 0.598. The molecule has 0 aliphatic rings. The molecule has 2 rings (SSSR count). The highest BCUT2D eigenvalue weighted by Gasteiger charge is 2.08. The number of aromatic amines is 1. The Balaban J connectivity index is 2.12. The number of methoxy groups -OCH3 is 1. The zero-order valence-electron chi connectivity index (χ0n) is 8.87. The van der Waals surface area contributed by atoms with Gasteiger partial charge in [0.2, 0.25) is 0 Å². The second-order valence-corrected chi connectivity index (χ2v) is 4.89. The van der Waals surface area contributed by atoms with Crippen molar-refractivity contribution in [2.75, 3.05) is 12.4 Å². The van der Waals surface area contributed by atoms with Gasteiger partial charge in [-0.1, -0.05) is 5.10 Å². The predicted molar refractivity (Wildman–Crippen MR) is 69.9 cm³/mol. The summed E-state index contributed by atoms with van der Waals surface area (Å²) in [6.07, 6.45) is 0. The van der Waals surface area contributed by atoms with Gasteiger partial charge < -0.3 is 10.1 Å². The number of halogens is 2. The number of ether oxygens (including phenoxy) is 1. The largest absolute Gasteiger partial charge is 0.494 e. The lowest BCUT2D eigenvalue weighted by atomic mass is 10.2. The van der Waals surface area contributed by atoms with Crippen molar-refractivity contribution in [2.45, 2.75) is 6.54 Å². The van der Waals surface area contributed by atoms with Crippen LogP contribution in [-0.4, -0.2) is 27.7 Å². The lowest BCUT2D eigenvalue weighted by molar-refractivity contribution is 0.409. The molecule has 0 radical (unpaired) electrons. The maximum absolute atomic E-state index is 5.23. The quantitative estimate of drug-likeness (QED) is 0.873. The third-order valence-corrected chi connectivity index (χ3v) is 3.24. The van der Waals surface area contributed by atoms with Crippen molar-refractivity contribution < 1.29 is 4.74 Å². The summed E-state index contributed by atoms with van der Waals surface area (Å²) in [5.41, 5.74) is 1.06. The van der Waals surface area contributed by atoms with Gasteiger partial charge in [-0.05, 0) is 54.8 Å². The number of rotatable bonds is 4. The van der Waals surface area contributed by atoms with E-state index in [0.29, 0.717) is 12.5 Å². The SMILES string of the molecule is COc1c(Br)cc(CNc2nn[nH]n2)cc1Br. The van der Waals surface area contributed by atoms with Gasteiger partial charge in [0.1, 0.15) is 5.75 Å². The standard InChI is InChI=1S/C9H9Br2N5O/c1-17-8-6(10)2-5(3-7(8)11)4-12-9-13-15-16-14-9/h2-3H,4H2,1H3,(H2,12,13,14,15,16). The van der Waals surface area contributed by atoms with Crippen LogP contribution >= 0.6 is 31.9 Å². The van der Waals surface area contributed by atoms with Gasteiger partial charge in [-0.2, -0.15) is 5.21 Å². The molecule has 2 N–H and O–H groups in total. The second kappa shape index (κ2) is 5.46. The smallest absolute Gasteiger partial charge is 0.263 e. The molecule has 0 atom stereocenters. The average Bonchev–Trinajstić information content (AvgIpc) is 2.79. The lowest BCUT2D eigenvalue weighted by Crippen LogP contribution is -2.01. The van der Waals surface area contributed by atoms with E-state index in [1.165, 1.54) is 0 Å². The zero-order valence-corrected chi connectivity index (χ0v) is 12.0. The molecule has 6 nitrogen and oxygen atoms in total. The monoisotopic (exact) mass is 361 g/mol. The van der Waals surface area contributed by atoms with E-state index in [2.05, 4.69) is 57.8 Å². The molecule has 1 aromatic heterocycles. The van der Waals surface area contributed by atoms with Gasteiger partial charge in [-0.25, -0.2) is 0 Å². The van der Waals surface area contributed by atoms with Gasteiger partial charge in [0.05, 0.1) is 16.1 Å². The number of hydrogen-bond acceptors (Lipinski definition) is 5. The van der Waals surface area contributed by atoms with Crippen molar-refractivity contribution in [1.82, 2.24) is 20.6 Å². The third kappa shape index (κ3) is 2.95. The molecule has 0 aliphatic heterocycles. The minimum absolute atomic E-state index is 0.466. The Morgan fingerprint density at radius 3 is 2.59 bits per heavy atom. The van der Waals surface area contributed by atoms with E-state index in [4.69, 9.17) is 4.74 Å². The molecule has 90 valence electrons. The Hall–Kier alpha value is -1.15. The molecule has 1 aromatic carbocycles. The first-order chi connectivity index (χ1) is 8.20. The molecule has 0 aliphatic carbocycles. The fourth-order valence-electron chi connectivity index (χ4n) is 1.33. The Bertz CT molecular complexity index is 479. The first-order valence-electron chi connectivity index (χ1n) is 4.70. The predicted octanol–water partition coefficient (Wildman–Crippen LogP) is 2.35. The third-order valence-electron chi connectivity index (χ3n) is 2.06. The van der Waals surface area contributed by atoms with E-state index < -0.39 is 0 Å². The number of aromatic nitrogens is 4. The first kappa shape index (κ1) is 12.3. The van der Waals surface area contributed by atoms with Crippen LogP contribution in [0.15, 0.2) is 21.1 Å². The normalized spacial score (nSPS) is 10.3. The Morgan fingerprint density at radius 2 is 2.06 bits per heavy atom. The number of nitrogens with one attached hydrogen (secondary N) is 2. The molecule has 0 amide bonds. The molecule has 0 saturated heterocycles. The van der Waals surface area contributed by atoms with Gasteiger partial charge in [0, 0.05) is 6.54 Å². The minimum Gasteiger partial charge on any atom is -0.494 e. The fraction of sp³-hybridized carbons (Fsp3) is 0.222. The average molecular weight is 363 g/mol. The van der Waals surface area contributed by atoms with Crippen molar-refractivity contribution >= 4 is 37.8 Å². The van der Waals surface area contributed by atoms with Crippen LogP contribution in [-0.2, 0) is 6.54 Å². The van der Waals surface area contributed by atoms with Gasteiger partial charge >= 0.3 is 0 Å².